The zero-order valence-corrected chi connectivity index (χ0v) is 16.6. The van der Waals surface area contributed by atoms with E-state index in [0.29, 0.717) is 30.7 Å². The van der Waals surface area contributed by atoms with E-state index in [1.165, 1.54) is 0 Å². The lowest BCUT2D eigenvalue weighted by Crippen LogP contribution is -2.41. The van der Waals surface area contributed by atoms with Crippen molar-refractivity contribution in [2.75, 3.05) is 20.2 Å². The van der Waals surface area contributed by atoms with E-state index in [0.717, 1.165) is 23.9 Å². The Morgan fingerprint density at radius 3 is 2.78 bits per heavy atom. The number of pyridine rings is 1. The van der Waals surface area contributed by atoms with Crippen molar-refractivity contribution in [3.8, 4) is 5.75 Å². The number of carboxylic acids is 1. The van der Waals surface area contributed by atoms with Crippen LogP contribution in [-0.4, -0.2) is 42.0 Å². The van der Waals surface area contributed by atoms with Crippen LogP contribution in [0.25, 0.3) is 10.9 Å². The van der Waals surface area contributed by atoms with Crippen molar-refractivity contribution in [3.05, 3.63) is 36.0 Å². The maximum Gasteiger partial charge on any atom is 0.308 e. The molecule has 1 aromatic heterocycles. The Morgan fingerprint density at radius 1 is 1.30 bits per heavy atom. The Kier molecular flexibility index (Phi) is 8.96. The summed E-state index contributed by atoms with van der Waals surface area (Å²) in [6.07, 6.45) is 3.35. The molecule has 6 nitrogen and oxygen atoms in total. The monoisotopic (exact) mass is 414 g/mol. The first kappa shape index (κ1) is 23.1. The summed E-state index contributed by atoms with van der Waals surface area (Å²) in [5.41, 5.74) is 1.36. The predicted molar refractivity (Wildman–Crippen MR) is 108 cm³/mol. The molecule has 0 saturated carbocycles. The molecule has 1 fully saturated rings. The van der Waals surface area contributed by atoms with Gasteiger partial charge in [-0.1, -0.05) is 0 Å². The van der Waals surface area contributed by atoms with Gasteiger partial charge in [-0.3, -0.25) is 14.6 Å². The van der Waals surface area contributed by atoms with Gasteiger partial charge in [-0.2, -0.15) is 0 Å². The molecule has 2 heterocycles. The number of benzene rings is 1. The lowest BCUT2D eigenvalue weighted by atomic mass is 9.82. The highest BCUT2D eigenvalue weighted by Crippen LogP contribution is 2.27. The number of carbonyl (C=O) groups excluding carboxylic acids is 1. The number of halogens is 2. The number of ether oxygens (including phenoxy) is 1. The van der Waals surface area contributed by atoms with Crippen molar-refractivity contribution in [3.63, 3.8) is 0 Å². The number of ketones is 1. The van der Waals surface area contributed by atoms with Crippen LogP contribution >= 0.6 is 24.8 Å². The Morgan fingerprint density at radius 2 is 2.07 bits per heavy atom. The highest BCUT2D eigenvalue weighted by molar-refractivity contribution is 6.07. The first-order valence-electron chi connectivity index (χ1n) is 8.49. The van der Waals surface area contributed by atoms with Gasteiger partial charge < -0.3 is 15.2 Å². The van der Waals surface area contributed by atoms with Gasteiger partial charge in [0.15, 0.2) is 5.78 Å². The number of rotatable bonds is 6. The second kappa shape index (κ2) is 10.4. The lowest BCUT2D eigenvalue weighted by Gasteiger charge is -2.29. The smallest absolute Gasteiger partial charge is 0.308 e. The molecule has 0 bridgehead atoms. The van der Waals surface area contributed by atoms with Gasteiger partial charge in [0.1, 0.15) is 5.75 Å². The molecule has 1 aromatic carbocycles. The Balaban J connectivity index is 0.00000182. The van der Waals surface area contributed by atoms with E-state index in [-0.39, 0.29) is 36.5 Å². The standard InChI is InChI=1S/C19H22N2O4.2ClH/c1-25-13-3-4-17-15(10-13)14(7-9-21-17)18(22)5-2-12-6-8-20-11-16(12)19(23)24;;/h3-4,7,9-10,12,16,20H,2,5-6,8,11H2,1H3,(H,23,24);2*1H. The normalized spacial score (nSPS) is 18.9. The minimum absolute atomic E-state index is 0. The molecular formula is C19H24Cl2N2O4. The molecule has 27 heavy (non-hydrogen) atoms. The summed E-state index contributed by atoms with van der Waals surface area (Å²) in [5.74, 6) is -0.480. The molecule has 1 aliphatic heterocycles. The number of aromatic nitrogens is 1. The third-order valence-electron chi connectivity index (χ3n) is 4.93. The highest BCUT2D eigenvalue weighted by Gasteiger charge is 2.30. The van der Waals surface area contributed by atoms with E-state index in [1.807, 2.05) is 18.2 Å². The van der Waals surface area contributed by atoms with Crippen LogP contribution in [0.3, 0.4) is 0 Å². The van der Waals surface area contributed by atoms with E-state index in [1.54, 1.807) is 19.4 Å². The van der Waals surface area contributed by atoms with E-state index >= 15 is 0 Å². The number of aliphatic carboxylic acids is 1. The molecule has 0 radical (unpaired) electrons. The summed E-state index contributed by atoms with van der Waals surface area (Å²) in [6.45, 7) is 1.28. The molecule has 2 atom stereocenters. The van der Waals surface area contributed by atoms with Crippen molar-refractivity contribution < 1.29 is 19.4 Å². The third kappa shape index (κ3) is 5.31. The summed E-state index contributed by atoms with van der Waals surface area (Å²) in [4.78, 5) is 28.4. The third-order valence-corrected chi connectivity index (χ3v) is 4.93. The largest absolute Gasteiger partial charge is 0.497 e. The summed E-state index contributed by atoms with van der Waals surface area (Å²) in [6, 6.07) is 7.19. The Hall–Kier alpha value is -1.89. The molecule has 0 aliphatic carbocycles. The quantitative estimate of drug-likeness (QED) is 0.704. The van der Waals surface area contributed by atoms with E-state index < -0.39 is 11.9 Å². The zero-order chi connectivity index (χ0) is 17.8. The minimum atomic E-state index is -0.788. The Bertz CT molecular complexity index is 800. The topological polar surface area (TPSA) is 88.5 Å². The molecule has 2 aromatic rings. The average Bonchev–Trinajstić information content (AvgIpc) is 2.65. The molecule has 3 rings (SSSR count). The van der Waals surface area contributed by atoms with Crippen molar-refractivity contribution in [1.82, 2.24) is 10.3 Å². The number of nitrogens with one attached hydrogen (secondary N) is 1. The van der Waals surface area contributed by atoms with Gasteiger partial charge in [-0.05, 0) is 49.6 Å². The molecular weight excluding hydrogens is 391 g/mol. The minimum Gasteiger partial charge on any atom is -0.497 e. The summed E-state index contributed by atoms with van der Waals surface area (Å²) in [5, 5.41) is 13.2. The SMILES string of the molecule is COc1ccc2nccc(C(=O)CCC3CCNCC3C(=O)O)c2c1.Cl.Cl. The van der Waals surface area contributed by atoms with E-state index in [9.17, 15) is 14.7 Å². The van der Waals surface area contributed by atoms with Crippen LogP contribution in [0.15, 0.2) is 30.5 Å². The second-order valence-corrected chi connectivity index (χ2v) is 6.40. The summed E-state index contributed by atoms with van der Waals surface area (Å²) >= 11 is 0. The van der Waals surface area contributed by atoms with Gasteiger partial charge in [0.2, 0.25) is 0 Å². The highest BCUT2D eigenvalue weighted by atomic mass is 35.5. The summed E-state index contributed by atoms with van der Waals surface area (Å²) in [7, 11) is 1.59. The predicted octanol–water partition coefficient (Wildman–Crippen LogP) is 3.36. The molecule has 2 unspecified atom stereocenters. The van der Waals surface area contributed by atoms with Crippen LogP contribution in [0.1, 0.15) is 29.6 Å². The number of methoxy groups -OCH3 is 1. The molecule has 0 spiro atoms. The zero-order valence-electron chi connectivity index (χ0n) is 15.0. The number of carbonyl (C=O) groups is 2. The van der Waals surface area contributed by atoms with Gasteiger partial charge >= 0.3 is 5.97 Å². The van der Waals surface area contributed by atoms with Crippen molar-refractivity contribution in [1.29, 1.82) is 0 Å². The van der Waals surface area contributed by atoms with Crippen molar-refractivity contribution in [2.24, 2.45) is 11.8 Å². The fourth-order valence-electron chi connectivity index (χ4n) is 3.49. The van der Waals surface area contributed by atoms with Gasteiger partial charge in [0.25, 0.3) is 0 Å². The van der Waals surface area contributed by atoms with Gasteiger partial charge in [-0.25, -0.2) is 0 Å². The molecule has 2 N–H and O–H groups in total. The van der Waals surface area contributed by atoms with Crippen LogP contribution in [0.2, 0.25) is 0 Å². The average molecular weight is 415 g/mol. The van der Waals surface area contributed by atoms with Crippen LogP contribution < -0.4 is 10.1 Å². The van der Waals surface area contributed by atoms with Crippen molar-refractivity contribution in [2.45, 2.75) is 19.3 Å². The molecule has 1 aliphatic rings. The first-order valence-corrected chi connectivity index (χ1v) is 8.49. The number of nitrogens with zero attached hydrogens (tertiary/aromatic N) is 1. The summed E-state index contributed by atoms with van der Waals surface area (Å²) < 4.78 is 5.24. The van der Waals surface area contributed by atoms with E-state index in [2.05, 4.69) is 10.3 Å². The van der Waals surface area contributed by atoms with Crippen LogP contribution in [-0.2, 0) is 4.79 Å². The molecule has 8 heteroatoms. The number of fused-ring (bicyclic) bond motifs is 1. The fourth-order valence-corrected chi connectivity index (χ4v) is 3.49. The maximum absolute atomic E-state index is 12.7. The first-order chi connectivity index (χ1) is 12.1. The van der Waals surface area contributed by atoms with Gasteiger partial charge in [-0.15, -0.1) is 24.8 Å². The molecule has 148 valence electrons. The second-order valence-electron chi connectivity index (χ2n) is 6.40. The van der Waals surface area contributed by atoms with Crippen molar-refractivity contribution >= 4 is 47.5 Å². The van der Waals surface area contributed by atoms with Gasteiger partial charge in [0.05, 0.1) is 18.5 Å². The number of hydrogen-bond donors (Lipinski definition) is 2. The van der Waals surface area contributed by atoms with Gasteiger partial charge in [0, 0.05) is 30.1 Å². The van der Waals surface area contributed by atoms with Crippen LogP contribution in [0, 0.1) is 11.8 Å². The van der Waals surface area contributed by atoms with Crippen LogP contribution in [0.4, 0.5) is 0 Å². The molecule has 1 saturated heterocycles. The van der Waals surface area contributed by atoms with E-state index in [4.69, 9.17) is 4.74 Å². The number of hydrogen-bond acceptors (Lipinski definition) is 5. The van der Waals surface area contributed by atoms with Crippen LogP contribution in [0.5, 0.6) is 5.75 Å². The molecule has 0 amide bonds. The Labute approximate surface area is 170 Å². The number of piperidine rings is 1. The fraction of sp³-hybridized carbons (Fsp3) is 0.421. The maximum atomic E-state index is 12.7. The number of carboxylic acid groups (broad SMARTS) is 1. The lowest BCUT2D eigenvalue weighted by molar-refractivity contribution is -0.144. The number of Topliss-reactive ketones (excluding diaryl/α,β-unsaturated/α-hetero) is 1.